The minimum absolute atomic E-state index is 0.247. The third-order valence-electron chi connectivity index (χ3n) is 3.58. The molecule has 1 heterocycles. The zero-order valence-corrected chi connectivity index (χ0v) is 12.7. The monoisotopic (exact) mass is 304 g/mol. The van der Waals surface area contributed by atoms with Crippen molar-refractivity contribution in [2.75, 3.05) is 19.8 Å². The topological polar surface area (TPSA) is 61.8 Å². The number of carbonyl (C=O) groups is 2. The summed E-state index contributed by atoms with van der Waals surface area (Å²) in [5, 5.41) is 0. The van der Waals surface area contributed by atoms with E-state index < -0.39 is 24.1 Å². The van der Waals surface area contributed by atoms with E-state index in [2.05, 4.69) is 6.58 Å². The zero-order chi connectivity index (χ0) is 16.0. The van der Waals surface area contributed by atoms with Gasteiger partial charge in [0.1, 0.15) is 5.60 Å². The van der Waals surface area contributed by atoms with E-state index in [0.717, 1.165) is 5.56 Å². The van der Waals surface area contributed by atoms with Crippen LogP contribution in [0.1, 0.15) is 25.3 Å². The molecule has 2 rings (SSSR count). The Balaban J connectivity index is 2.06. The van der Waals surface area contributed by atoms with Crippen molar-refractivity contribution in [3.8, 4) is 0 Å². The van der Waals surface area contributed by atoms with E-state index in [9.17, 15) is 9.59 Å². The fraction of sp³-hybridized carbons (Fsp3) is 0.412. The van der Waals surface area contributed by atoms with E-state index in [1.54, 1.807) is 0 Å². The molecule has 1 aliphatic heterocycles. The predicted octanol–water partition coefficient (Wildman–Crippen LogP) is 2.35. The first kappa shape index (κ1) is 16.2. The minimum atomic E-state index is -0.716. The predicted molar refractivity (Wildman–Crippen MR) is 80.0 cm³/mol. The third-order valence-corrected chi connectivity index (χ3v) is 3.58. The maximum atomic E-state index is 12.0. The van der Waals surface area contributed by atoms with E-state index in [-0.39, 0.29) is 5.57 Å². The van der Waals surface area contributed by atoms with Crippen LogP contribution in [0.3, 0.4) is 0 Å². The fourth-order valence-electron chi connectivity index (χ4n) is 2.39. The van der Waals surface area contributed by atoms with Crippen LogP contribution in [0.4, 0.5) is 0 Å². The smallest absolute Gasteiger partial charge is 0.345 e. The Bertz CT molecular complexity index is 543. The van der Waals surface area contributed by atoms with Gasteiger partial charge >= 0.3 is 11.9 Å². The summed E-state index contributed by atoms with van der Waals surface area (Å²) in [6, 6.07) is 9.58. The quantitative estimate of drug-likeness (QED) is 0.617. The maximum absolute atomic E-state index is 12.0. The molecule has 1 aromatic rings. The highest BCUT2D eigenvalue weighted by Gasteiger charge is 2.38. The van der Waals surface area contributed by atoms with Crippen molar-refractivity contribution >= 4 is 11.9 Å². The summed E-state index contributed by atoms with van der Waals surface area (Å²) in [4.78, 5) is 23.4. The van der Waals surface area contributed by atoms with Crippen LogP contribution in [0.5, 0.6) is 0 Å². The van der Waals surface area contributed by atoms with Gasteiger partial charge in [-0.15, -0.1) is 0 Å². The fourth-order valence-corrected chi connectivity index (χ4v) is 2.39. The van der Waals surface area contributed by atoms with Crippen molar-refractivity contribution in [2.45, 2.75) is 25.4 Å². The van der Waals surface area contributed by atoms with Gasteiger partial charge in [-0.1, -0.05) is 36.9 Å². The molecule has 118 valence electrons. The van der Waals surface area contributed by atoms with Crippen LogP contribution in [-0.2, 0) is 29.4 Å². The first-order valence-corrected chi connectivity index (χ1v) is 7.21. The Morgan fingerprint density at radius 2 is 1.86 bits per heavy atom. The second-order valence-electron chi connectivity index (χ2n) is 5.30. The number of carbonyl (C=O) groups excluding carboxylic acids is 2. The van der Waals surface area contributed by atoms with Crippen molar-refractivity contribution in [1.82, 2.24) is 0 Å². The molecule has 22 heavy (non-hydrogen) atoms. The summed E-state index contributed by atoms with van der Waals surface area (Å²) < 4.78 is 15.9. The van der Waals surface area contributed by atoms with Gasteiger partial charge in [0.2, 0.25) is 0 Å². The van der Waals surface area contributed by atoms with Gasteiger partial charge in [-0.05, 0) is 12.5 Å². The van der Waals surface area contributed by atoms with Gasteiger partial charge in [-0.25, -0.2) is 9.59 Å². The summed E-state index contributed by atoms with van der Waals surface area (Å²) in [7, 11) is 0. The molecule has 0 spiro atoms. The highest BCUT2D eigenvalue weighted by molar-refractivity contribution is 5.88. The highest BCUT2D eigenvalue weighted by atomic mass is 16.6. The van der Waals surface area contributed by atoms with Crippen LogP contribution in [-0.4, -0.2) is 31.8 Å². The van der Waals surface area contributed by atoms with Crippen molar-refractivity contribution < 1.29 is 23.8 Å². The highest BCUT2D eigenvalue weighted by Crippen LogP contribution is 2.36. The molecule has 5 heteroatoms. The molecule has 1 saturated heterocycles. The molecular formula is C17H20O5. The molecule has 5 nitrogen and oxygen atoms in total. The molecule has 0 radical (unpaired) electrons. The molecular weight excluding hydrogens is 284 g/mol. The largest absolute Gasteiger partial charge is 0.451 e. The first-order valence-electron chi connectivity index (χ1n) is 7.21. The molecule has 0 bridgehead atoms. The molecule has 0 unspecified atom stereocenters. The second kappa shape index (κ2) is 7.22. The van der Waals surface area contributed by atoms with E-state index in [4.69, 9.17) is 14.2 Å². The molecule has 0 atom stereocenters. The van der Waals surface area contributed by atoms with Crippen molar-refractivity contribution in [3.05, 3.63) is 48.0 Å². The summed E-state index contributed by atoms with van der Waals surface area (Å²) in [5.41, 5.74) is 0.459. The Morgan fingerprint density at radius 1 is 1.23 bits per heavy atom. The molecule has 1 fully saturated rings. The van der Waals surface area contributed by atoms with E-state index in [0.29, 0.717) is 26.1 Å². The lowest BCUT2D eigenvalue weighted by Gasteiger charge is -2.37. The van der Waals surface area contributed by atoms with Gasteiger partial charge in [0.05, 0.1) is 13.2 Å². The Kier molecular flexibility index (Phi) is 5.33. The molecule has 0 amide bonds. The van der Waals surface area contributed by atoms with E-state index in [1.807, 2.05) is 30.3 Å². The van der Waals surface area contributed by atoms with Crippen LogP contribution in [0.15, 0.2) is 42.5 Å². The van der Waals surface area contributed by atoms with Crippen LogP contribution in [0.25, 0.3) is 0 Å². The Hall–Kier alpha value is -2.14. The van der Waals surface area contributed by atoms with Gasteiger partial charge in [0.25, 0.3) is 0 Å². The van der Waals surface area contributed by atoms with Gasteiger partial charge in [-0.2, -0.15) is 0 Å². The lowest BCUT2D eigenvalue weighted by atomic mass is 9.86. The second-order valence-corrected chi connectivity index (χ2v) is 5.30. The van der Waals surface area contributed by atoms with Crippen LogP contribution < -0.4 is 0 Å². The van der Waals surface area contributed by atoms with Gasteiger partial charge in [0, 0.05) is 18.4 Å². The normalized spacial score (nSPS) is 16.6. The SMILES string of the molecule is C=C(C)C(=O)OCC(=O)OC1(c2ccccc2)CCOCC1. The van der Waals surface area contributed by atoms with Gasteiger partial charge in [-0.3, -0.25) is 0 Å². The first-order chi connectivity index (χ1) is 10.5. The number of hydrogen-bond acceptors (Lipinski definition) is 5. The van der Waals surface area contributed by atoms with Gasteiger partial charge < -0.3 is 14.2 Å². The van der Waals surface area contributed by atoms with Crippen molar-refractivity contribution in [2.24, 2.45) is 0 Å². The molecule has 1 aromatic carbocycles. The number of benzene rings is 1. The van der Waals surface area contributed by atoms with E-state index >= 15 is 0 Å². The molecule has 0 N–H and O–H groups in total. The van der Waals surface area contributed by atoms with Crippen LogP contribution in [0, 0.1) is 0 Å². The summed E-state index contributed by atoms with van der Waals surface area (Å²) >= 11 is 0. The van der Waals surface area contributed by atoms with Crippen LogP contribution in [0.2, 0.25) is 0 Å². The number of ether oxygens (including phenoxy) is 3. The summed E-state index contributed by atoms with van der Waals surface area (Å²) in [6.45, 7) is 5.62. The summed E-state index contributed by atoms with van der Waals surface area (Å²) in [6.07, 6.45) is 1.16. The molecule has 1 aliphatic rings. The Morgan fingerprint density at radius 3 is 2.45 bits per heavy atom. The maximum Gasteiger partial charge on any atom is 0.345 e. The number of esters is 2. The zero-order valence-electron chi connectivity index (χ0n) is 12.7. The van der Waals surface area contributed by atoms with Crippen molar-refractivity contribution in [1.29, 1.82) is 0 Å². The number of rotatable bonds is 5. The third kappa shape index (κ3) is 3.95. The van der Waals surface area contributed by atoms with Crippen LogP contribution >= 0.6 is 0 Å². The summed E-state index contributed by atoms with van der Waals surface area (Å²) in [5.74, 6) is -1.17. The average molecular weight is 304 g/mol. The minimum Gasteiger partial charge on any atom is -0.451 e. The Labute approximate surface area is 129 Å². The average Bonchev–Trinajstić information content (AvgIpc) is 2.54. The number of hydrogen-bond donors (Lipinski definition) is 0. The standard InChI is InChI=1S/C17H20O5/c1-13(2)16(19)21-12-15(18)22-17(8-10-20-11-9-17)14-6-4-3-5-7-14/h3-7H,1,8-12H2,2H3. The lowest BCUT2D eigenvalue weighted by molar-refractivity contribution is -0.178. The lowest BCUT2D eigenvalue weighted by Crippen LogP contribution is -2.39. The van der Waals surface area contributed by atoms with Crippen molar-refractivity contribution in [3.63, 3.8) is 0 Å². The van der Waals surface area contributed by atoms with E-state index in [1.165, 1.54) is 6.92 Å². The molecule has 0 aliphatic carbocycles. The molecule has 0 aromatic heterocycles. The van der Waals surface area contributed by atoms with Gasteiger partial charge in [0.15, 0.2) is 6.61 Å². The molecule has 0 saturated carbocycles.